The molecule has 0 bridgehead atoms. The molecule has 0 radical (unpaired) electrons. The van der Waals surface area contributed by atoms with Gasteiger partial charge in [0.15, 0.2) is 6.61 Å². The third kappa shape index (κ3) is 3.96. The second kappa shape index (κ2) is 7.45. The van der Waals surface area contributed by atoms with E-state index in [0.29, 0.717) is 22.1 Å². The van der Waals surface area contributed by atoms with Crippen molar-refractivity contribution < 1.29 is 14.3 Å². The Hall–Kier alpha value is -2.05. The topological polar surface area (TPSA) is 58.6 Å². The lowest BCUT2D eigenvalue weighted by Crippen LogP contribution is -2.41. The molecule has 1 unspecified atom stereocenters. The molecule has 2 aromatic rings. The summed E-state index contributed by atoms with van der Waals surface area (Å²) in [6.45, 7) is 1.67. The number of amides is 2. The van der Waals surface area contributed by atoms with Gasteiger partial charge in [0, 0.05) is 16.9 Å². The van der Waals surface area contributed by atoms with Gasteiger partial charge in [-0.25, -0.2) is 0 Å². The zero-order valence-corrected chi connectivity index (χ0v) is 15.8. The van der Waals surface area contributed by atoms with Crippen LogP contribution >= 0.6 is 27.5 Å². The van der Waals surface area contributed by atoms with Gasteiger partial charge in [-0.15, -0.1) is 0 Å². The van der Waals surface area contributed by atoms with Crippen molar-refractivity contribution in [2.75, 3.05) is 16.8 Å². The average molecular weight is 424 g/mol. The van der Waals surface area contributed by atoms with Crippen molar-refractivity contribution in [3.63, 3.8) is 0 Å². The van der Waals surface area contributed by atoms with Gasteiger partial charge in [0.1, 0.15) is 5.75 Å². The number of ether oxygens (including phenoxy) is 1. The first-order chi connectivity index (χ1) is 12.0. The van der Waals surface area contributed by atoms with Gasteiger partial charge in [0.2, 0.25) is 5.91 Å². The average Bonchev–Trinajstić information content (AvgIpc) is 2.68. The Morgan fingerprint density at radius 2 is 2.12 bits per heavy atom. The third-order valence-corrected chi connectivity index (χ3v) is 4.66. The smallest absolute Gasteiger partial charge is 0.265 e. The number of nitrogens with zero attached hydrogens (tertiary/aromatic N) is 1. The summed E-state index contributed by atoms with van der Waals surface area (Å²) < 4.78 is 6.42. The maximum atomic E-state index is 12.8. The Kier molecular flexibility index (Phi) is 5.30. The van der Waals surface area contributed by atoms with Crippen molar-refractivity contribution in [3.8, 4) is 5.75 Å². The fourth-order valence-corrected chi connectivity index (χ4v) is 3.50. The van der Waals surface area contributed by atoms with Crippen molar-refractivity contribution in [2.24, 2.45) is 0 Å². The molecule has 5 nitrogen and oxygen atoms in total. The normalized spacial score (nSPS) is 16.7. The number of anilines is 2. The zero-order chi connectivity index (χ0) is 18.0. The highest BCUT2D eigenvalue weighted by atomic mass is 79.9. The fourth-order valence-electron chi connectivity index (χ4n) is 2.77. The lowest BCUT2D eigenvalue weighted by atomic mass is 10.1. The van der Waals surface area contributed by atoms with Crippen LogP contribution in [-0.2, 0) is 9.59 Å². The molecule has 3 rings (SSSR count). The van der Waals surface area contributed by atoms with E-state index in [-0.39, 0.29) is 30.9 Å². The Balaban J connectivity index is 1.81. The third-order valence-electron chi connectivity index (χ3n) is 3.87. The standard InChI is InChI=1S/C18H16BrClN2O3/c1-11-8-17(23)21-14-4-2-3-5-15(14)22(11)18(24)10-25-16-7-6-12(19)9-13(16)20/h2-7,9,11H,8,10H2,1H3,(H,21,23). The molecule has 7 heteroatoms. The van der Waals surface area contributed by atoms with E-state index in [1.165, 1.54) is 0 Å². The van der Waals surface area contributed by atoms with E-state index in [1.807, 2.05) is 25.1 Å². The molecule has 0 saturated heterocycles. The van der Waals surface area contributed by atoms with Gasteiger partial charge >= 0.3 is 0 Å². The van der Waals surface area contributed by atoms with Gasteiger partial charge in [-0.1, -0.05) is 39.7 Å². The van der Waals surface area contributed by atoms with Crippen LogP contribution in [0.4, 0.5) is 11.4 Å². The van der Waals surface area contributed by atoms with Gasteiger partial charge in [-0.05, 0) is 37.3 Å². The number of hydrogen-bond acceptors (Lipinski definition) is 3. The minimum atomic E-state index is -0.278. The highest BCUT2D eigenvalue weighted by molar-refractivity contribution is 9.10. The Morgan fingerprint density at radius 1 is 1.36 bits per heavy atom. The van der Waals surface area contributed by atoms with E-state index in [9.17, 15) is 9.59 Å². The van der Waals surface area contributed by atoms with Crippen LogP contribution in [0.5, 0.6) is 5.75 Å². The molecule has 25 heavy (non-hydrogen) atoms. The summed E-state index contributed by atoms with van der Waals surface area (Å²) in [5.74, 6) is 0.0748. The van der Waals surface area contributed by atoms with Crippen molar-refractivity contribution in [1.82, 2.24) is 0 Å². The summed E-state index contributed by atoms with van der Waals surface area (Å²) in [4.78, 5) is 26.4. The van der Waals surface area contributed by atoms with Gasteiger partial charge in [0.25, 0.3) is 5.91 Å². The number of nitrogens with one attached hydrogen (secondary N) is 1. The summed E-state index contributed by atoms with van der Waals surface area (Å²) in [6, 6.07) is 12.1. The lowest BCUT2D eigenvalue weighted by Gasteiger charge is -2.27. The molecule has 130 valence electrons. The molecule has 0 saturated carbocycles. The largest absolute Gasteiger partial charge is 0.482 e. The monoisotopic (exact) mass is 422 g/mol. The van der Waals surface area contributed by atoms with E-state index < -0.39 is 0 Å². The van der Waals surface area contributed by atoms with E-state index in [1.54, 1.807) is 29.2 Å². The predicted octanol–water partition coefficient (Wildman–Crippen LogP) is 4.25. The lowest BCUT2D eigenvalue weighted by molar-refractivity contribution is -0.121. The number of rotatable bonds is 3. The summed E-state index contributed by atoms with van der Waals surface area (Å²) in [5, 5.41) is 3.25. The van der Waals surface area contributed by atoms with Crippen LogP contribution in [0.15, 0.2) is 46.9 Å². The quantitative estimate of drug-likeness (QED) is 0.803. The second-order valence-electron chi connectivity index (χ2n) is 5.75. The van der Waals surface area contributed by atoms with Crippen molar-refractivity contribution in [1.29, 1.82) is 0 Å². The summed E-state index contributed by atoms with van der Waals surface area (Å²) >= 11 is 9.44. The number of carbonyl (C=O) groups excluding carboxylic acids is 2. The Morgan fingerprint density at radius 3 is 2.88 bits per heavy atom. The van der Waals surface area contributed by atoms with Crippen LogP contribution in [0, 0.1) is 0 Å². The fraction of sp³-hybridized carbons (Fsp3) is 0.222. The minimum absolute atomic E-state index is 0.118. The number of hydrogen-bond donors (Lipinski definition) is 1. The molecular formula is C18H16BrClN2O3. The van der Waals surface area contributed by atoms with E-state index in [4.69, 9.17) is 16.3 Å². The molecule has 1 aliphatic rings. The number of para-hydroxylation sites is 2. The second-order valence-corrected chi connectivity index (χ2v) is 7.07. The number of benzene rings is 2. The maximum absolute atomic E-state index is 12.8. The molecule has 1 N–H and O–H groups in total. The van der Waals surface area contributed by atoms with Crippen LogP contribution in [0.2, 0.25) is 5.02 Å². The van der Waals surface area contributed by atoms with E-state index in [0.717, 1.165) is 4.47 Å². The number of carbonyl (C=O) groups is 2. The molecule has 2 amide bonds. The molecule has 0 fully saturated rings. The Labute approximate surface area is 159 Å². The van der Waals surface area contributed by atoms with E-state index in [2.05, 4.69) is 21.2 Å². The van der Waals surface area contributed by atoms with Gasteiger partial charge in [-0.3, -0.25) is 9.59 Å². The van der Waals surface area contributed by atoms with Gasteiger partial charge in [0.05, 0.1) is 16.4 Å². The first kappa shape index (κ1) is 17.8. The van der Waals surface area contributed by atoms with Crippen LogP contribution < -0.4 is 15.0 Å². The summed E-state index contributed by atoms with van der Waals surface area (Å²) in [7, 11) is 0. The summed E-state index contributed by atoms with van der Waals surface area (Å²) in [5.41, 5.74) is 1.28. The minimum Gasteiger partial charge on any atom is -0.482 e. The van der Waals surface area contributed by atoms with Gasteiger partial charge in [-0.2, -0.15) is 0 Å². The maximum Gasteiger partial charge on any atom is 0.265 e. The van der Waals surface area contributed by atoms with Crippen LogP contribution in [0.3, 0.4) is 0 Å². The number of fused-ring (bicyclic) bond motifs is 1. The van der Waals surface area contributed by atoms with Crippen LogP contribution in [0.1, 0.15) is 13.3 Å². The molecule has 0 spiro atoms. The van der Waals surface area contributed by atoms with Crippen LogP contribution in [-0.4, -0.2) is 24.5 Å². The first-order valence-electron chi connectivity index (χ1n) is 7.74. The van der Waals surface area contributed by atoms with Crippen molar-refractivity contribution in [3.05, 3.63) is 52.0 Å². The molecule has 1 aliphatic heterocycles. The van der Waals surface area contributed by atoms with Gasteiger partial charge < -0.3 is 15.0 Å². The molecule has 1 atom stereocenters. The molecule has 0 aromatic heterocycles. The Bertz CT molecular complexity index is 828. The highest BCUT2D eigenvalue weighted by Crippen LogP contribution is 2.32. The van der Waals surface area contributed by atoms with E-state index >= 15 is 0 Å². The van der Waals surface area contributed by atoms with Crippen LogP contribution in [0.25, 0.3) is 0 Å². The SMILES string of the molecule is CC1CC(=O)Nc2ccccc2N1C(=O)COc1ccc(Br)cc1Cl. The first-order valence-corrected chi connectivity index (χ1v) is 8.91. The molecular weight excluding hydrogens is 408 g/mol. The number of halogens is 2. The van der Waals surface area contributed by atoms with Crippen molar-refractivity contribution >= 4 is 50.7 Å². The summed E-state index contributed by atoms with van der Waals surface area (Å²) in [6.07, 6.45) is 0.222. The van der Waals surface area contributed by atoms with Crippen molar-refractivity contribution in [2.45, 2.75) is 19.4 Å². The molecule has 1 heterocycles. The molecule has 0 aliphatic carbocycles. The highest BCUT2D eigenvalue weighted by Gasteiger charge is 2.29. The molecule has 2 aromatic carbocycles. The zero-order valence-electron chi connectivity index (χ0n) is 13.5. The predicted molar refractivity (Wildman–Crippen MR) is 101 cm³/mol.